The minimum Gasteiger partial charge on any atom is -0.401 e. The Kier molecular flexibility index (Phi) is 56.8. The Morgan fingerprint density at radius 2 is 0.902 bits per heavy atom. The number of nitrogens with zero attached hydrogens (tertiary/aromatic N) is 1. The first-order valence-corrected chi connectivity index (χ1v) is 22.7. The van der Waals surface area contributed by atoms with E-state index in [4.69, 9.17) is 58.9 Å². The highest BCUT2D eigenvalue weighted by molar-refractivity contribution is 5.72. The largest absolute Gasteiger partial charge is 0.401 e. The molecule has 0 saturated carbocycles. The number of aryl methyl sites for hydroxylation is 1. The third-order valence-electron chi connectivity index (χ3n) is 7.62. The van der Waals surface area contributed by atoms with Gasteiger partial charge < -0.3 is 58.1 Å². The van der Waals surface area contributed by atoms with Gasteiger partial charge in [0, 0.05) is 31.7 Å². The normalized spacial score (nSPS) is 11.0. The van der Waals surface area contributed by atoms with Crippen LogP contribution in [0.1, 0.15) is 91.2 Å². The van der Waals surface area contributed by atoms with Gasteiger partial charge in [0.05, 0.1) is 119 Å². The molecular weight excluding hydrogens is 779 g/mol. The van der Waals surface area contributed by atoms with Crippen LogP contribution in [0, 0.1) is 6.92 Å². The first-order valence-electron chi connectivity index (χ1n) is 22.7. The predicted octanol–water partition coefficient (Wildman–Crippen LogP) is 8.31. The molecule has 1 aromatic rings. The lowest BCUT2D eigenvalue weighted by Crippen LogP contribution is -2.30. The number of unbranched alkanes of at least 4 members (excludes halogenated alkanes) is 2. The third-order valence-corrected chi connectivity index (χ3v) is 7.62. The SMILES string of the molecule is C=C/C=C\C(=C)c1ccc(C)cc1.CC.CC.CCCOCCOCCOCCOCCOCCOCCOCCOCCCCCOCCOCCN(N)/C=C(\N)CCC. The zero-order valence-electron chi connectivity index (χ0n) is 39.8. The van der Waals surface area contributed by atoms with Crippen molar-refractivity contribution >= 4 is 5.57 Å². The quantitative estimate of drug-likeness (QED) is 0.0282. The zero-order chi connectivity index (χ0) is 45.7. The fourth-order valence-electron chi connectivity index (χ4n) is 4.54. The van der Waals surface area contributed by atoms with Crippen LogP contribution in [0.25, 0.3) is 5.57 Å². The summed E-state index contributed by atoms with van der Waals surface area (Å²) in [5, 5.41) is 1.57. The Bertz CT molecular complexity index is 1080. The highest BCUT2D eigenvalue weighted by Gasteiger charge is 1.99. The number of nitrogens with two attached hydrogens (primary N) is 2. The molecule has 1 aromatic carbocycles. The number of hydrogen-bond donors (Lipinski definition) is 2. The van der Waals surface area contributed by atoms with Gasteiger partial charge in [-0.25, -0.2) is 5.84 Å². The van der Waals surface area contributed by atoms with Gasteiger partial charge in [0.15, 0.2) is 0 Å². The van der Waals surface area contributed by atoms with Gasteiger partial charge in [-0.2, -0.15) is 0 Å². The van der Waals surface area contributed by atoms with Crippen LogP contribution in [0.2, 0.25) is 0 Å². The molecule has 0 aliphatic heterocycles. The van der Waals surface area contributed by atoms with E-state index in [0.29, 0.717) is 119 Å². The number of ether oxygens (including phenoxy) is 10. The topological polar surface area (TPSA) is 148 Å². The lowest BCUT2D eigenvalue weighted by Gasteiger charge is -2.15. The van der Waals surface area contributed by atoms with Crippen molar-refractivity contribution in [3.63, 3.8) is 0 Å². The molecular formula is C48H91N3O10. The van der Waals surface area contributed by atoms with Crippen molar-refractivity contribution in [1.29, 1.82) is 0 Å². The second kappa shape index (κ2) is 55.4. The number of allylic oxidation sites excluding steroid dienone is 5. The fourth-order valence-corrected chi connectivity index (χ4v) is 4.54. The standard InChI is InChI=1S/C31H65N3O10.C13H14.2C2H6/c1-3-8-31(32)30-34(33)9-13-38-17-15-36-11-6-5-7-12-37-16-19-40-21-23-42-25-27-44-29-28-43-26-24-41-22-20-39-18-14-35-10-4-2;1-4-5-6-12(3)13-9-7-11(2)8-10-13;2*1-2/h30H,3-29,32-33H2,1-2H3;4-10H,1,3H2,2H3;2*1-2H3/b31-30-;6-5-;;. The summed E-state index contributed by atoms with van der Waals surface area (Å²) in [6.45, 7) is 34.1. The Morgan fingerprint density at radius 3 is 1.26 bits per heavy atom. The van der Waals surface area contributed by atoms with Crippen molar-refractivity contribution in [3.8, 4) is 0 Å². The lowest BCUT2D eigenvalue weighted by molar-refractivity contribution is -0.0231. The molecule has 4 N–H and O–H groups in total. The highest BCUT2D eigenvalue weighted by atomic mass is 16.6. The molecule has 1 rings (SSSR count). The lowest BCUT2D eigenvalue weighted by atomic mass is 10.1. The molecule has 0 amide bonds. The molecule has 0 heterocycles. The third kappa shape index (κ3) is 51.6. The molecule has 358 valence electrons. The summed E-state index contributed by atoms with van der Waals surface area (Å²) >= 11 is 0. The van der Waals surface area contributed by atoms with Crippen molar-refractivity contribution in [3.05, 3.63) is 78.7 Å². The molecule has 0 fully saturated rings. The van der Waals surface area contributed by atoms with Crippen LogP contribution in [-0.2, 0) is 47.4 Å². The summed E-state index contributed by atoms with van der Waals surface area (Å²) in [5.74, 6) is 5.85. The smallest absolute Gasteiger partial charge is 0.0701 e. The van der Waals surface area contributed by atoms with Crippen molar-refractivity contribution in [2.24, 2.45) is 11.6 Å². The van der Waals surface area contributed by atoms with E-state index in [9.17, 15) is 0 Å². The Morgan fingerprint density at radius 1 is 0.541 bits per heavy atom. The van der Waals surface area contributed by atoms with Crippen LogP contribution in [0.5, 0.6) is 0 Å². The van der Waals surface area contributed by atoms with Crippen LogP contribution >= 0.6 is 0 Å². The number of benzene rings is 1. The monoisotopic (exact) mass is 870 g/mol. The van der Waals surface area contributed by atoms with Gasteiger partial charge in [-0.1, -0.05) is 109 Å². The van der Waals surface area contributed by atoms with Crippen LogP contribution < -0.4 is 11.6 Å². The number of hydrazine groups is 1. The second-order valence-corrected chi connectivity index (χ2v) is 12.9. The molecule has 0 aliphatic carbocycles. The van der Waals surface area contributed by atoms with E-state index in [2.05, 4.69) is 58.2 Å². The summed E-state index contributed by atoms with van der Waals surface area (Å²) in [7, 11) is 0. The molecule has 0 bridgehead atoms. The first-order chi connectivity index (χ1) is 29.9. The summed E-state index contributed by atoms with van der Waals surface area (Å²) in [5.41, 5.74) is 10.1. The van der Waals surface area contributed by atoms with E-state index >= 15 is 0 Å². The molecule has 13 nitrogen and oxygen atoms in total. The molecule has 61 heavy (non-hydrogen) atoms. The van der Waals surface area contributed by atoms with Gasteiger partial charge in [-0.05, 0) is 50.2 Å². The number of hydrogen-bond acceptors (Lipinski definition) is 13. The van der Waals surface area contributed by atoms with Crippen molar-refractivity contribution in [2.45, 2.75) is 87.0 Å². The maximum absolute atomic E-state index is 5.85. The van der Waals surface area contributed by atoms with E-state index in [1.807, 2.05) is 39.8 Å². The van der Waals surface area contributed by atoms with Gasteiger partial charge >= 0.3 is 0 Å². The molecule has 0 unspecified atom stereocenters. The Hall–Kier alpha value is -2.66. The second-order valence-electron chi connectivity index (χ2n) is 12.9. The van der Waals surface area contributed by atoms with E-state index in [1.165, 1.54) is 5.56 Å². The summed E-state index contributed by atoms with van der Waals surface area (Å²) in [6, 6.07) is 8.32. The van der Waals surface area contributed by atoms with E-state index in [-0.39, 0.29) is 0 Å². The van der Waals surface area contributed by atoms with E-state index in [0.717, 1.165) is 75.2 Å². The molecule has 0 atom stereocenters. The summed E-state index contributed by atoms with van der Waals surface area (Å²) < 4.78 is 54.9. The van der Waals surface area contributed by atoms with Gasteiger partial charge in [-0.3, -0.25) is 0 Å². The molecule has 0 aromatic heterocycles. The van der Waals surface area contributed by atoms with E-state index in [1.54, 1.807) is 17.3 Å². The van der Waals surface area contributed by atoms with Crippen LogP contribution in [0.4, 0.5) is 0 Å². The molecule has 0 spiro atoms. The van der Waals surface area contributed by atoms with Gasteiger partial charge in [0.25, 0.3) is 0 Å². The molecule has 0 aliphatic rings. The van der Waals surface area contributed by atoms with Crippen molar-refractivity contribution in [1.82, 2.24) is 5.01 Å². The van der Waals surface area contributed by atoms with Gasteiger partial charge in [0.2, 0.25) is 0 Å². The molecule has 0 radical (unpaired) electrons. The average molecular weight is 870 g/mol. The maximum atomic E-state index is 5.85. The molecule has 0 saturated heterocycles. The minimum atomic E-state index is 0.530. The average Bonchev–Trinajstić information content (AvgIpc) is 3.27. The van der Waals surface area contributed by atoms with Crippen LogP contribution in [0.3, 0.4) is 0 Å². The Balaban J connectivity index is -0.00000164. The van der Waals surface area contributed by atoms with Crippen LogP contribution in [0.15, 0.2) is 67.5 Å². The summed E-state index contributed by atoms with van der Waals surface area (Å²) in [6.07, 6.45) is 13.3. The van der Waals surface area contributed by atoms with Crippen molar-refractivity contribution in [2.75, 3.05) is 139 Å². The van der Waals surface area contributed by atoms with Crippen LogP contribution in [-0.4, -0.2) is 144 Å². The van der Waals surface area contributed by atoms with Crippen molar-refractivity contribution < 1.29 is 47.4 Å². The predicted molar refractivity (Wildman–Crippen MR) is 253 cm³/mol. The maximum Gasteiger partial charge on any atom is 0.0701 e. The first kappa shape index (κ1) is 62.6. The van der Waals surface area contributed by atoms with Gasteiger partial charge in [0.1, 0.15) is 0 Å². The fraction of sp³-hybridized carbons (Fsp3) is 0.708. The molecule has 13 heteroatoms. The Labute approximate surface area is 373 Å². The van der Waals surface area contributed by atoms with E-state index < -0.39 is 0 Å². The number of rotatable bonds is 41. The minimum absolute atomic E-state index is 0.530. The zero-order valence-corrected chi connectivity index (χ0v) is 39.8. The highest BCUT2D eigenvalue weighted by Crippen LogP contribution is 2.14. The summed E-state index contributed by atoms with van der Waals surface area (Å²) in [4.78, 5) is 0. The van der Waals surface area contributed by atoms with Gasteiger partial charge in [-0.15, -0.1) is 0 Å².